The van der Waals surface area contributed by atoms with Gasteiger partial charge < -0.3 is 10.6 Å². The second kappa shape index (κ2) is 10.3. The van der Waals surface area contributed by atoms with Crippen LogP contribution in [0.3, 0.4) is 0 Å². The molecule has 1 atom stereocenters. The Morgan fingerprint density at radius 2 is 1.76 bits per heavy atom. The van der Waals surface area contributed by atoms with Gasteiger partial charge in [-0.1, -0.05) is 39.8 Å². The normalized spacial score (nSPS) is 11.8. The second-order valence-corrected chi connectivity index (χ2v) is 9.88. The first kappa shape index (κ1) is 24.8. The Bertz CT molecular complexity index is 1670. The number of nitrogens with one attached hydrogen (secondary N) is 2. The van der Waals surface area contributed by atoms with Crippen molar-refractivity contribution in [2.45, 2.75) is 13.0 Å². The van der Waals surface area contributed by atoms with E-state index in [4.69, 9.17) is 23.2 Å². The quantitative estimate of drug-likeness (QED) is 0.223. The number of halogens is 4. The summed E-state index contributed by atoms with van der Waals surface area (Å²) >= 11 is 13.8. The minimum atomic E-state index is -0.555. The van der Waals surface area contributed by atoms with Crippen molar-refractivity contribution in [1.29, 1.82) is 5.26 Å². The number of nitrogens with zero attached hydrogens (tertiary/aromatic N) is 4. The van der Waals surface area contributed by atoms with Crippen molar-refractivity contribution >= 4 is 62.7 Å². The van der Waals surface area contributed by atoms with Crippen molar-refractivity contribution in [1.82, 2.24) is 14.6 Å². The van der Waals surface area contributed by atoms with Gasteiger partial charge in [-0.2, -0.15) is 5.26 Å². The number of hydrogen-bond donors (Lipinski definition) is 2. The highest BCUT2D eigenvalue weighted by atomic mass is 35.5. The smallest absolute Gasteiger partial charge is 0.141 e. The molecule has 0 saturated heterocycles. The fraction of sp³-hybridized carbons (Fsp3) is 0.0769. The Kier molecular flexibility index (Phi) is 6.89. The maximum absolute atomic E-state index is 13.7. The number of pyridine rings is 1. The fourth-order valence-electron chi connectivity index (χ4n) is 3.92. The van der Waals surface area contributed by atoms with Crippen LogP contribution in [0.15, 0.2) is 60.8 Å². The molecule has 0 spiro atoms. The van der Waals surface area contributed by atoms with Crippen molar-refractivity contribution in [2.75, 3.05) is 10.6 Å². The Balaban J connectivity index is 1.62. The van der Waals surface area contributed by atoms with E-state index in [9.17, 15) is 14.0 Å². The molecule has 0 saturated carbocycles. The van der Waals surface area contributed by atoms with Gasteiger partial charge in [0.1, 0.15) is 23.4 Å². The summed E-state index contributed by atoms with van der Waals surface area (Å²) in [4.78, 5) is 5.27. The summed E-state index contributed by atoms with van der Waals surface area (Å²) in [5.74, 6) is -0.906. The SMILES string of the molecule is Cc1snnc1C(Nc1cc(Cl)c2ncc(C#N)c(Nc3ccc(F)c(Cl)c3)c2c1)c1ccc(F)cc1. The highest BCUT2D eigenvalue weighted by molar-refractivity contribution is 7.05. The van der Waals surface area contributed by atoms with E-state index in [1.807, 2.05) is 6.92 Å². The van der Waals surface area contributed by atoms with Crippen LogP contribution in [0, 0.1) is 29.9 Å². The molecule has 0 radical (unpaired) electrons. The first-order valence-electron chi connectivity index (χ1n) is 10.9. The largest absolute Gasteiger partial charge is 0.373 e. The van der Waals surface area contributed by atoms with Crippen molar-refractivity contribution in [3.8, 4) is 6.07 Å². The average molecular weight is 553 g/mol. The molecule has 0 fully saturated rings. The summed E-state index contributed by atoms with van der Waals surface area (Å²) in [6, 6.07) is 15.5. The molecule has 1 unspecified atom stereocenters. The number of aryl methyl sites for hydroxylation is 1. The lowest BCUT2D eigenvalue weighted by molar-refractivity contribution is 0.626. The molecule has 0 aliphatic carbocycles. The number of rotatable bonds is 6. The molecule has 2 aromatic heterocycles. The first-order chi connectivity index (χ1) is 17.8. The Labute approximate surface area is 224 Å². The minimum Gasteiger partial charge on any atom is -0.373 e. The van der Waals surface area contributed by atoms with E-state index in [0.29, 0.717) is 38.7 Å². The Morgan fingerprint density at radius 3 is 2.43 bits per heavy atom. The Hall–Kier alpha value is -3.84. The summed E-state index contributed by atoms with van der Waals surface area (Å²) in [6.07, 6.45) is 1.42. The topological polar surface area (TPSA) is 86.5 Å². The van der Waals surface area contributed by atoms with E-state index < -0.39 is 11.9 Å². The number of nitriles is 1. The van der Waals surface area contributed by atoms with E-state index in [1.165, 1.54) is 48.1 Å². The molecule has 184 valence electrons. The number of anilines is 3. The van der Waals surface area contributed by atoms with Crippen molar-refractivity contribution < 1.29 is 8.78 Å². The van der Waals surface area contributed by atoms with E-state index >= 15 is 0 Å². The van der Waals surface area contributed by atoms with E-state index in [0.717, 1.165) is 10.4 Å². The maximum Gasteiger partial charge on any atom is 0.141 e. The van der Waals surface area contributed by atoms with Crippen LogP contribution in [0.1, 0.15) is 27.7 Å². The molecule has 6 nitrogen and oxygen atoms in total. The lowest BCUT2D eigenvalue weighted by Crippen LogP contribution is -2.14. The number of aromatic nitrogens is 3. The predicted molar refractivity (Wildman–Crippen MR) is 143 cm³/mol. The summed E-state index contributed by atoms with van der Waals surface area (Å²) in [7, 11) is 0. The monoisotopic (exact) mass is 552 g/mol. The van der Waals surface area contributed by atoms with E-state index in [-0.39, 0.29) is 16.4 Å². The van der Waals surface area contributed by atoms with Crippen LogP contribution in [-0.2, 0) is 0 Å². The predicted octanol–water partition coefficient (Wildman–Crippen LogP) is 7.80. The second-order valence-electron chi connectivity index (χ2n) is 8.11. The van der Waals surface area contributed by atoms with Gasteiger partial charge >= 0.3 is 0 Å². The summed E-state index contributed by atoms with van der Waals surface area (Å²) in [6.45, 7) is 1.91. The van der Waals surface area contributed by atoms with Gasteiger partial charge in [-0.15, -0.1) is 5.10 Å². The first-order valence-corrected chi connectivity index (χ1v) is 12.4. The van der Waals surface area contributed by atoms with Crippen LogP contribution >= 0.6 is 34.7 Å². The maximum atomic E-state index is 13.7. The zero-order valence-electron chi connectivity index (χ0n) is 19.1. The van der Waals surface area contributed by atoms with Gasteiger partial charge in [-0.25, -0.2) is 8.78 Å². The molecular weight excluding hydrogens is 537 g/mol. The molecular formula is C26H16Cl2F2N6S. The highest BCUT2D eigenvalue weighted by Gasteiger charge is 2.21. The third kappa shape index (κ3) is 5.04. The fourth-order valence-corrected chi connectivity index (χ4v) is 4.87. The van der Waals surface area contributed by atoms with Gasteiger partial charge in [0.15, 0.2) is 0 Å². The highest BCUT2D eigenvalue weighted by Crippen LogP contribution is 2.37. The van der Waals surface area contributed by atoms with Gasteiger partial charge in [0.2, 0.25) is 0 Å². The molecule has 0 aliphatic heterocycles. The molecule has 0 bridgehead atoms. The van der Waals surface area contributed by atoms with E-state index in [1.54, 1.807) is 24.3 Å². The van der Waals surface area contributed by atoms with Gasteiger partial charge in [0.25, 0.3) is 0 Å². The number of hydrogen-bond acceptors (Lipinski definition) is 7. The van der Waals surface area contributed by atoms with Crippen molar-refractivity contribution in [3.05, 3.63) is 104 Å². The van der Waals surface area contributed by atoms with Crippen molar-refractivity contribution in [3.63, 3.8) is 0 Å². The Morgan fingerprint density at radius 1 is 1.00 bits per heavy atom. The zero-order chi connectivity index (χ0) is 26.1. The van der Waals surface area contributed by atoms with Crippen LogP contribution in [0.25, 0.3) is 10.9 Å². The van der Waals surface area contributed by atoms with Gasteiger partial charge in [-0.05, 0) is 66.5 Å². The van der Waals surface area contributed by atoms with E-state index in [2.05, 4.69) is 31.3 Å². The van der Waals surface area contributed by atoms with Crippen LogP contribution in [0.5, 0.6) is 0 Å². The van der Waals surface area contributed by atoms with Gasteiger partial charge in [0.05, 0.1) is 32.9 Å². The van der Waals surface area contributed by atoms with Crippen LogP contribution < -0.4 is 10.6 Å². The number of fused-ring (bicyclic) bond motifs is 1. The standard InChI is InChI=1S/C26H16Cl2F2N6S/c1-13-23(35-36-37-13)25(14-2-4-16(29)5-3-14)34-18-8-19-24(33-17-6-7-22(30)20(27)9-17)15(11-31)12-32-26(19)21(28)10-18/h2-10,12,25,34H,1H3,(H,32,33). The molecule has 5 aromatic rings. The molecule has 5 rings (SSSR count). The van der Waals surface area contributed by atoms with Gasteiger partial charge in [0, 0.05) is 27.8 Å². The van der Waals surface area contributed by atoms with Gasteiger partial charge in [-0.3, -0.25) is 4.98 Å². The summed E-state index contributed by atoms with van der Waals surface area (Å²) in [5, 5.41) is 21.5. The molecule has 0 amide bonds. The molecule has 2 N–H and O–H groups in total. The third-order valence-corrected chi connectivity index (χ3v) is 6.93. The third-order valence-electron chi connectivity index (χ3n) is 5.71. The van der Waals surface area contributed by atoms with Crippen LogP contribution in [0.4, 0.5) is 25.8 Å². The molecule has 3 aromatic carbocycles. The minimum absolute atomic E-state index is 0.0587. The molecule has 11 heteroatoms. The zero-order valence-corrected chi connectivity index (χ0v) is 21.4. The molecule has 0 aliphatic rings. The molecule has 2 heterocycles. The summed E-state index contributed by atoms with van der Waals surface area (Å²) < 4.78 is 31.4. The lowest BCUT2D eigenvalue weighted by atomic mass is 10.0. The lowest BCUT2D eigenvalue weighted by Gasteiger charge is -2.21. The molecule has 37 heavy (non-hydrogen) atoms. The summed E-state index contributed by atoms with van der Waals surface area (Å²) in [5.41, 5.74) is 3.72. The van der Waals surface area contributed by atoms with Crippen LogP contribution in [0.2, 0.25) is 10.0 Å². The van der Waals surface area contributed by atoms with Crippen molar-refractivity contribution in [2.24, 2.45) is 0 Å². The average Bonchev–Trinajstić information content (AvgIpc) is 3.31. The number of benzene rings is 3. The van der Waals surface area contributed by atoms with Crippen LogP contribution in [-0.4, -0.2) is 14.6 Å².